The lowest BCUT2D eigenvalue weighted by molar-refractivity contribution is 0.598. The summed E-state index contributed by atoms with van der Waals surface area (Å²) < 4.78 is 40.0. The Kier molecular flexibility index (Phi) is 3.39. The molecular formula is C12H12FN3O2S. The molecule has 0 aliphatic heterocycles. The van der Waals surface area contributed by atoms with Crippen molar-refractivity contribution in [2.45, 2.75) is 11.8 Å². The summed E-state index contributed by atoms with van der Waals surface area (Å²) in [6, 6.07) is 6.80. The quantitative estimate of drug-likeness (QED) is 0.900. The minimum absolute atomic E-state index is 0.0670. The average Bonchev–Trinajstić information content (AvgIpc) is 2.34. The number of aryl methyl sites for hydroxylation is 1. The zero-order chi connectivity index (χ0) is 14.0. The van der Waals surface area contributed by atoms with Gasteiger partial charge in [-0.3, -0.25) is 4.72 Å². The number of pyridine rings is 1. The van der Waals surface area contributed by atoms with E-state index in [1.165, 1.54) is 30.5 Å². The third-order valence-electron chi connectivity index (χ3n) is 2.52. The fourth-order valence-corrected chi connectivity index (χ4v) is 2.71. The average molecular weight is 281 g/mol. The first kappa shape index (κ1) is 13.3. The summed E-state index contributed by atoms with van der Waals surface area (Å²) in [4.78, 5) is 3.64. The largest absolute Gasteiger partial charge is 0.384 e. The van der Waals surface area contributed by atoms with E-state index in [4.69, 9.17) is 5.73 Å². The van der Waals surface area contributed by atoms with Gasteiger partial charge < -0.3 is 5.73 Å². The summed E-state index contributed by atoms with van der Waals surface area (Å²) in [6.45, 7) is 1.61. The summed E-state index contributed by atoms with van der Waals surface area (Å²) >= 11 is 0. The fourth-order valence-electron chi connectivity index (χ4n) is 1.55. The Hall–Kier alpha value is -2.15. The number of sulfonamides is 1. The highest BCUT2D eigenvalue weighted by atomic mass is 32.2. The van der Waals surface area contributed by atoms with Crippen molar-refractivity contribution in [3.63, 3.8) is 0 Å². The van der Waals surface area contributed by atoms with Crippen LogP contribution in [0.4, 0.5) is 15.9 Å². The molecule has 0 atom stereocenters. The Morgan fingerprint density at radius 1 is 1.32 bits per heavy atom. The number of anilines is 2. The number of nitrogens with one attached hydrogen (secondary N) is 1. The van der Waals surface area contributed by atoms with Crippen LogP contribution in [0.3, 0.4) is 0 Å². The van der Waals surface area contributed by atoms with Crippen LogP contribution in [-0.4, -0.2) is 13.4 Å². The first-order chi connectivity index (χ1) is 8.90. The lowest BCUT2D eigenvalue weighted by atomic mass is 10.2. The maximum Gasteiger partial charge on any atom is 0.262 e. The van der Waals surface area contributed by atoms with Crippen molar-refractivity contribution in [3.8, 4) is 0 Å². The second-order valence-corrected chi connectivity index (χ2v) is 5.64. The van der Waals surface area contributed by atoms with Crippen molar-refractivity contribution >= 4 is 21.5 Å². The lowest BCUT2D eigenvalue weighted by Crippen LogP contribution is -2.15. The maximum absolute atomic E-state index is 13.6. The minimum Gasteiger partial charge on any atom is -0.384 e. The molecule has 0 fully saturated rings. The van der Waals surface area contributed by atoms with Gasteiger partial charge >= 0.3 is 0 Å². The molecule has 0 bridgehead atoms. The van der Waals surface area contributed by atoms with Gasteiger partial charge in [-0.2, -0.15) is 0 Å². The summed E-state index contributed by atoms with van der Waals surface area (Å²) in [5, 5.41) is 0. The number of nitrogens with zero attached hydrogens (tertiary/aromatic N) is 1. The molecule has 19 heavy (non-hydrogen) atoms. The molecule has 5 nitrogen and oxygen atoms in total. The number of halogens is 1. The normalized spacial score (nSPS) is 11.3. The predicted octanol–water partition coefficient (Wildman–Crippen LogP) is 1.91. The van der Waals surface area contributed by atoms with E-state index in [9.17, 15) is 12.8 Å². The molecule has 0 saturated heterocycles. The van der Waals surface area contributed by atoms with Crippen molar-refractivity contribution in [2.24, 2.45) is 0 Å². The van der Waals surface area contributed by atoms with Gasteiger partial charge in [0.05, 0.1) is 10.6 Å². The molecule has 0 spiro atoms. The topological polar surface area (TPSA) is 85.1 Å². The van der Waals surface area contributed by atoms with E-state index in [0.717, 1.165) is 0 Å². The molecule has 2 aromatic rings. The van der Waals surface area contributed by atoms with Crippen LogP contribution in [0.2, 0.25) is 0 Å². The smallest absolute Gasteiger partial charge is 0.262 e. The Balaban J connectivity index is 2.42. The van der Waals surface area contributed by atoms with E-state index in [1.807, 2.05) is 0 Å². The van der Waals surface area contributed by atoms with E-state index in [1.54, 1.807) is 13.0 Å². The van der Waals surface area contributed by atoms with Gasteiger partial charge in [0.15, 0.2) is 0 Å². The summed E-state index contributed by atoms with van der Waals surface area (Å²) in [7, 11) is -3.89. The van der Waals surface area contributed by atoms with E-state index >= 15 is 0 Å². The van der Waals surface area contributed by atoms with Crippen LogP contribution in [0.1, 0.15) is 5.56 Å². The highest BCUT2D eigenvalue weighted by Crippen LogP contribution is 2.23. The van der Waals surface area contributed by atoms with Crippen molar-refractivity contribution in [1.82, 2.24) is 4.98 Å². The van der Waals surface area contributed by atoms with Gasteiger partial charge in [0.25, 0.3) is 10.0 Å². The molecule has 3 N–H and O–H groups in total. The van der Waals surface area contributed by atoms with Crippen molar-refractivity contribution in [2.75, 3.05) is 10.5 Å². The molecule has 1 aromatic heterocycles. The first-order valence-electron chi connectivity index (χ1n) is 5.39. The molecule has 2 rings (SSSR count). The second-order valence-electron chi connectivity index (χ2n) is 3.95. The van der Waals surface area contributed by atoms with Crippen LogP contribution in [0.5, 0.6) is 0 Å². The Bertz CT molecular complexity index is 696. The molecule has 0 amide bonds. The van der Waals surface area contributed by atoms with E-state index in [-0.39, 0.29) is 16.4 Å². The number of rotatable bonds is 3. The van der Waals surface area contributed by atoms with Crippen LogP contribution in [0, 0.1) is 12.7 Å². The molecule has 0 saturated carbocycles. The molecule has 100 valence electrons. The predicted molar refractivity (Wildman–Crippen MR) is 70.6 cm³/mol. The second kappa shape index (κ2) is 4.85. The third kappa shape index (κ3) is 2.82. The van der Waals surface area contributed by atoms with Crippen molar-refractivity contribution in [1.29, 1.82) is 0 Å². The first-order valence-corrected chi connectivity index (χ1v) is 6.88. The standard InChI is InChI=1S/C12H12FN3O2S/c1-8-3-2-4-10(13)12(8)16-19(17,18)9-5-6-15-11(14)7-9/h2-7,16H,1H3,(H2,14,15). The highest BCUT2D eigenvalue weighted by Gasteiger charge is 2.17. The highest BCUT2D eigenvalue weighted by molar-refractivity contribution is 7.92. The Labute approximate surface area is 110 Å². The minimum atomic E-state index is -3.89. The fraction of sp³-hybridized carbons (Fsp3) is 0.0833. The molecule has 0 aliphatic rings. The number of nitrogens with two attached hydrogens (primary N) is 1. The summed E-state index contributed by atoms with van der Waals surface area (Å²) in [5.41, 5.74) is 5.85. The van der Waals surface area contributed by atoms with Gasteiger partial charge in [-0.05, 0) is 24.6 Å². The third-order valence-corrected chi connectivity index (χ3v) is 3.87. The molecule has 0 radical (unpaired) electrons. The van der Waals surface area contributed by atoms with Gasteiger partial charge in [-0.25, -0.2) is 17.8 Å². The van der Waals surface area contributed by atoms with Gasteiger partial charge in [0.1, 0.15) is 11.6 Å². The van der Waals surface area contributed by atoms with Crippen LogP contribution < -0.4 is 10.5 Å². The van der Waals surface area contributed by atoms with Gasteiger partial charge in [0, 0.05) is 12.3 Å². The zero-order valence-corrected chi connectivity index (χ0v) is 10.9. The van der Waals surface area contributed by atoms with Crippen LogP contribution >= 0.6 is 0 Å². The number of aromatic nitrogens is 1. The number of benzene rings is 1. The monoisotopic (exact) mass is 281 g/mol. The van der Waals surface area contributed by atoms with Crippen molar-refractivity contribution in [3.05, 3.63) is 47.9 Å². The van der Waals surface area contributed by atoms with Crippen molar-refractivity contribution < 1.29 is 12.8 Å². The van der Waals surface area contributed by atoms with E-state index in [2.05, 4.69) is 9.71 Å². The maximum atomic E-state index is 13.6. The van der Waals surface area contributed by atoms with Gasteiger partial charge in [0.2, 0.25) is 0 Å². The number of nitrogen functional groups attached to an aromatic ring is 1. The number of para-hydroxylation sites is 1. The van der Waals surface area contributed by atoms with Crippen LogP contribution in [0.15, 0.2) is 41.4 Å². The summed E-state index contributed by atoms with van der Waals surface area (Å²) in [5.74, 6) is -0.557. The van der Waals surface area contributed by atoms with Crippen LogP contribution in [0.25, 0.3) is 0 Å². The number of hydrogen-bond donors (Lipinski definition) is 2. The van der Waals surface area contributed by atoms with Crippen LogP contribution in [-0.2, 0) is 10.0 Å². The Morgan fingerprint density at radius 2 is 2.05 bits per heavy atom. The SMILES string of the molecule is Cc1cccc(F)c1NS(=O)(=O)c1ccnc(N)c1. The molecule has 0 unspecified atom stereocenters. The Morgan fingerprint density at radius 3 is 2.68 bits per heavy atom. The zero-order valence-electron chi connectivity index (χ0n) is 10.1. The molecule has 1 heterocycles. The molecule has 1 aromatic carbocycles. The molecular weight excluding hydrogens is 269 g/mol. The molecule has 0 aliphatic carbocycles. The van der Waals surface area contributed by atoms with E-state index < -0.39 is 15.8 Å². The van der Waals surface area contributed by atoms with E-state index in [0.29, 0.717) is 5.56 Å². The number of hydrogen-bond acceptors (Lipinski definition) is 4. The van der Waals surface area contributed by atoms with Gasteiger partial charge in [-0.1, -0.05) is 12.1 Å². The summed E-state index contributed by atoms with van der Waals surface area (Å²) in [6.07, 6.45) is 1.28. The lowest BCUT2D eigenvalue weighted by Gasteiger charge is -2.11. The van der Waals surface area contributed by atoms with Gasteiger partial charge in [-0.15, -0.1) is 0 Å². The molecule has 7 heteroatoms.